The van der Waals surface area contributed by atoms with E-state index in [1.165, 1.54) is 36.4 Å². The first-order valence-electron chi connectivity index (χ1n) is 12.8. The van der Waals surface area contributed by atoms with Crippen molar-refractivity contribution in [1.82, 2.24) is 10.0 Å². The number of nitrogens with one attached hydrogen (secondary N) is 2. The van der Waals surface area contributed by atoms with Gasteiger partial charge in [0.15, 0.2) is 11.4 Å². The molecule has 2 atom stereocenters. The lowest BCUT2D eigenvalue weighted by Gasteiger charge is -2.17. The number of benzene rings is 4. The molecule has 4 aromatic carbocycles. The second-order valence-corrected chi connectivity index (χ2v) is 11.2. The molecule has 0 saturated carbocycles. The molecule has 0 aromatic heterocycles. The number of carbonyl (C=O) groups is 2. The molecular weight excluding hydrogens is 552 g/mol. The number of aliphatic carboxylic acids is 1. The number of amides is 1. The Morgan fingerprint density at radius 1 is 0.881 bits per heavy atom. The van der Waals surface area contributed by atoms with Crippen LogP contribution in [0, 0.1) is 13.1 Å². The SMILES string of the molecule is [C-]#[N+]c1cccc(S(=O)(=O)NC(C)c2ccc(C(=O)N[C@@H](Cc3ccc(-c4ccccc4[N+]#[C-])cc3)C(=O)O)cc2)c1. The lowest BCUT2D eigenvalue weighted by Crippen LogP contribution is -2.42. The number of hydrogen-bond acceptors (Lipinski definition) is 4. The van der Waals surface area contributed by atoms with Gasteiger partial charge in [0.1, 0.15) is 6.04 Å². The van der Waals surface area contributed by atoms with Gasteiger partial charge in [-0.1, -0.05) is 72.8 Å². The second kappa shape index (κ2) is 12.9. The number of para-hydroxylation sites is 1. The van der Waals surface area contributed by atoms with Crippen LogP contribution in [0.4, 0.5) is 11.4 Å². The molecule has 0 aliphatic carbocycles. The molecule has 10 heteroatoms. The van der Waals surface area contributed by atoms with Gasteiger partial charge in [-0.2, -0.15) is 0 Å². The average Bonchev–Trinajstić information content (AvgIpc) is 3.00. The van der Waals surface area contributed by atoms with Crippen LogP contribution in [0.25, 0.3) is 20.8 Å². The van der Waals surface area contributed by atoms with Crippen LogP contribution < -0.4 is 10.0 Å². The first-order valence-corrected chi connectivity index (χ1v) is 14.3. The summed E-state index contributed by atoms with van der Waals surface area (Å²) in [6, 6.07) is 24.4. The first kappa shape index (κ1) is 29.7. The Morgan fingerprint density at radius 3 is 2.21 bits per heavy atom. The summed E-state index contributed by atoms with van der Waals surface area (Å²) in [5, 5.41) is 12.3. The van der Waals surface area contributed by atoms with Crippen LogP contribution in [0.15, 0.2) is 102 Å². The Morgan fingerprint density at radius 2 is 1.57 bits per heavy atom. The van der Waals surface area contributed by atoms with E-state index in [2.05, 4.69) is 19.7 Å². The van der Waals surface area contributed by atoms with Gasteiger partial charge in [0.2, 0.25) is 10.0 Å². The normalized spacial score (nSPS) is 12.4. The van der Waals surface area contributed by atoms with E-state index in [-0.39, 0.29) is 22.6 Å². The molecule has 0 fully saturated rings. The fraction of sp³-hybridized carbons (Fsp3) is 0.125. The number of hydrogen-bond donors (Lipinski definition) is 3. The Bertz CT molecular complexity index is 1810. The number of nitrogens with zero attached hydrogens (tertiary/aromatic N) is 2. The molecule has 0 saturated heterocycles. The average molecular weight is 579 g/mol. The van der Waals surface area contributed by atoms with Gasteiger partial charge in [0, 0.05) is 18.0 Å². The summed E-state index contributed by atoms with van der Waals surface area (Å²) in [4.78, 5) is 31.6. The van der Waals surface area contributed by atoms with E-state index >= 15 is 0 Å². The molecule has 0 aliphatic rings. The maximum absolute atomic E-state index is 12.9. The third kappa shape index (κ3) is 7.07. The van der Waals surface area contributed by atoms with Gasteiger partial charge >= 0.3 is 5.97 Å². The monoisotopic (exact) mass is 578 g/mol. The maximum atomic E-state index is 12.9. The molecule has 0 heterocycles. The van der Waals surface area contributed by atoms with E-state index in [1.54, 1.807) is 43.3 Å². The van der Waals surface area contributed by atoms with Gasteiger partial charge in [-0.3, -0.25) is 4.79 Å². The highest BCUT2D eigenvalue weighted by molar-refractivity contribution is 7.89. The molecular formula is C32H26N4O5S. The Labute approximate surface area is 244 Å². The first-order chi connectivity index (χ1) is 20.1. The van der Waals surface area contributed by atoms with Crippen molar-refractivity contribution in [3.05, 3.63) is 137 Å². The van der Waals surface area contributed by atoms with Crippen LogP contribution in [0.3, 0.4) is 0 Å². The van der Waals surface area contributed by atoms with E-state index in [0.29, 0.717) is 16.8 Å². The molecule has 1 unspecified atom stereocenters. The summed E-state index contributed by atoms with van der Waals surface area (Å²) >= 11 is 0. The molecule has 0 aliphatic heterocycles. The quantitative estimate of drug-likeness (QED) is 0.202. The van der Waals surface area contributed by atoms with Gasteiger partial charge in [0.25, 0.3) is 5.91 Å². The molecule has 0 spiro atoms. The molecule has 4 rings (SSSR count). The summed E-state index contributed by atoms with van der Waals surface area (Å²) in [6.07, 6.45) is 0.0530. The predicted octanol–water partition coefficient (Wildman–Crippen LogP) is 5.92. The molecule has 9 nitrogen and oxygen atoms in total. The molecule has 0 bridgehead atoms. The van der Waals surface area contributed by atoms with Gasteiger partial charge in [-0.05, 0) is 53.4 Å². The minimum Gasteiger partial charge on any atom is -0.480 e. The number of sulfonamides is 1. The number of rotatable bonds is 10. The van der Waals surface area contributed by atoms with E-state index in [1.807, 2.05) is 24.3 Å². The molecule has 3 N–H and O–H groups in total. The van der Waals surface area contributed by atoms with Crippen molar-refractivity contribution in [2.24, 2.45) is 0 Å². The topological polar surface area (TPSA) is 121 Å². The van der Waals surface area contributed by atoms with Crippen LogP contribution in [0.5, 0.6) is 0 Å². The standard InChI is InChI=1S/C32H26N4O5S/c1-21(36-42(40,41)27-8-6-7-26(20-27)33-2)23-15-17-25(18-16-23)31(37)35-30(32(38)39)19-22-11-13-24(14-12-22)28-9-4-5-10-29(28)34-3/h4-18,20-21,30,36H,19H2,1H3,(H,35,37)(H,38,39)/t21?,30-/m0/s1. The number of carboxylic acids is 1. The van der Waals surface area contributed by atoms with Crippen molar-refractivity contribution in [2.45, 2.75) is 30.3 Å². The molecule has 0 radical (unpaired) electrons. The predicted molar refractivity (Wildman–Crippen MR) is 159 cm³/mol. The fourth-order valence-electron chi connectivity index (χ4n) is 4.33. The van der Waals surface area contributed by atoms with E-state index in [0.717, 1.165) is 11.1 Å². The zero-order valence-electron chi connectivity index (χ0n) is 22.5. The van der Waals surface area contributed by atoms with Crippen molar-refractivity contribution in [3.63, 3.8) is 0 Å². The minimum atomic E-state index is -3.90. The molecule has 210 valence electrons. The van der Waals surface area contributed by atoms with Crippen LogP contribution >= 0.6 is 0 Å². The summed E-state index contributed by atoms with van der Waals surface area (Å²) < 4.78 is 28.1. The van der Waals surface area contributed by atoms with Gasteiger partial charge in [-0.25, -0.2) is 27.6 Å². The Hall–Kier alpha value is -5.29. The molecule has 42 heavy (non-hydrogen) atoms. The van der Waals surface area contributed by atoms with Crippen LogP contribution in [-0.2, 0) is 21.2 Å². The van der Waals surface area contributed by atoms with Crippen molar-refractivity contribution < 1.29 is 23.1 Å². The van der Waals surface area contributed by atoms with Crippen LogP contribution in [-0.4, -0.2) is 31.4 Å². The van der Waals surface area contributed by atoms with Gasteiger partial charge < -0.3 is 10.4 Å². The highest BCUT2D eigenvalue weighted by Crippen LogP contribution is 2.30. The van der Waals surface area contributed by atoms with Crippen LogP contribution in [0.2, 0.25) is 0 Å². The highest BCUT2D eigenvalue weighted by atomic mass is 32.2. The van der Waals surface area contributed by atoms with E-state index in [4.69, 9.17) is 13.1 Å². The Balaban J connectivity index is 1.41. The smallest absolute Gasteiger partial charge is 0.326 e. The van der Waals surface area contributed by atoms with Crippen molar-refractivity contribution >= 4 is 33.3 Å². The zero-order chi connectivity index (χ0) is 30.3. The maximum Gasteiger partial charge on any atom is 0.326 e. The number of carboxylic acid groups (broad SMARTS) is 1. The second-order valence-electron chi connectivity index (χ2n) is 9.47. The molecule has 1 amide bonds. The van der Waals surface area contributed by atoms with Crippen molar-refractivity contribution in [3.8, 4) is 11.1 Å². The zero-order valence-corrected chi connectivity index (χ0v) is 23.3. The third-order valence-corrected chi connectivity index (χ3v) is 8.13. The van der Waals surface area contributed by atoms with Crippen molar-refractivity contribution in [1.29, 1.82) is 0 Å². The summed E-state index contributed by atoms with van der Waals surface area (Å²) in [5.74, 6) is -1.77. The molecule has 4 aromatic rings. The fourth-order valence-corrected chi connectivity index (χ4v) is 5.60. The summed E-state index contributed by atoms with van der Waals surface area (Å²) in [5.41, 5.74) is 3.84. The van der Waals surface area contributed by atoms with E-state index in [9.17, 15) is 23.1 Å². The lowest BCUT2D eigenvalue weighted by molar-refractivity contribution is -0.139. The van der Waals surface area contributed by atoms with Crippen LogP contribution in [0.1, 0.15) is 34.5 Å². The van der Waals surface area contributed by atoms with Gasteiger partial charge in [-0.15, -0.1) is 0 Å². The minimum absolute atomic E-state index is 0.0265. The third-order valence-electron chi connectivity index (χ3n) is 6.59. The summed E-state index contributed by atoms with van der Waals surface area (Å²) in [6.45, 7) is 16.1. The lowest BCUT2D eigenvalue weighted by atomic mass is 9.99. The highest BCUT2D eigenvalue weighted by Gasteiger charge is 2.22. The summed E-state index contributed by atoms with van der Waals surface area (Å²) in [7, 11) is -3.90. The van der Waals surface area contributed by atoms with E-state index < -0.39 is 34.0 Å². The van der Waals surface area contributed by atoms with Gasteiger partial charge in [0.05, 0.1) is 18.0 Å². The largest absolute Gasteiger partial charge is 0.480 e. The number of carbonyl (C=O) groups excluding carboxylic acids is 1. The van der Waals surface area contributed by atoms with Crippen molar-refractivity contribution in [2.75, 3.05) is 0 Å². The Kier molecular flexibility index (Phi) is 9.13.